The second kappa shape index (κ2) is 8.95. The molecule has 0 saturated carbocycles. The zero-order chi connectivity index (χ0) is 22.8. The molecule has 10 heteroatoms. The van der Waals surface area contributed by atoms with Crippen LogP contribution in [0.2, 0.25) is 5.02 Å². The van der Waals surface area contributed by atoms with Gasteiger partial charge in [0.05, 0.1) is 19.3 Å². The van der Waals surface area contributed by atoms with Gasteiger partial charge in [0.15, 0.2) is 17.1 Å². The Morgan fingerprint density at radius 2 is 1.94 bits per heavy atom. The van der Waals surface area contributed by atoms with Crippen LogP contribution in [0.3, 0.4) is 0 Å². The van der Waals surface area contributed by atoms with Gasteiger partial charge in [-0.25, -0.2) is 9.67 Å². The first-order valence-electron chi connectivity index (χ1n) is 10.4. The Balaban J connectivity index is 1.22. The van der Waals surface area contributed by atoms with E-state index >= 15 is 0 Å². The quantitative estimate of drug-likeness (QED) is 0.469. The molecule has 1 unspecified atom stereocenters. The molecule has 0 radical (unpaired) electrons. The van der Waals surface area contributed by atoms with Crippen LogP contribution in [0.4, 0.5) is 0 Å². The van der Waals surface area contributed by atoms with Crippen molar-refractivity contribution in [1.29, 1.82) is 0 Å². The summed E-state index contributed by atoms with van der Waals surface area (Å²) in [6.07, 6.45) is 2.27. The minimum atomic E-state index is -0.729. The van der Waals surface area contributed by atoms with E-state index in [4.69, 9.17) is 21.1 Å². The van der Waals surface area contributed by atoms with Crippen LogP contribution in [0.5, 0.6) is 11.5 Å². The smallest absolute Gasteiger partial charge is 0.264 e. The van der Waals surface area contributed by atoms with Gasteiger partial charge in [-0.2, -0.15) is 5.10 Å². The maximum absolute atomic E-state index is 12.8. The largest absolute Gasteiger partial charge is 0.485 e. The molecule has 0 aliphatic carbocycles. The van der Waals surface area contributed by atoms with Gasteiger partial charge in [0.25, 0.3) is 11.5 Å². The van der Waals surface area contributed by atoms with E-state index in [1.165, 1.54) is 17.1 Å². The molecule has 168 valence electrons. The number of aromatic nitrogens is 4. The minimum absolute atomic E-state index is 0.141. The van der Waals surface area contributed by atoms with Crippen LogP contribution >= 0.6 is 11.6 Å². The van der Waals surface area contributed by atoms with Crippen molar-refractivity contribution in [3.05, 3.63) is 82.0 Å². The van der Waals surface area contributed by atoms with Crippen LogP contribution in [0.15, 0.2) is 65.8 Å². The normalized spacial score (nSPS) is 14.9. The Hall–Kier alpha value is -3.85. The molecule has 1 atom stereocenters. The average Bonchev–Trinajstić information content (AvgIpc) is 3.25. The highest BCUT2D eigenvalue weighted by atomic mass is 35.5. The number of benzene rings is 2. The molecule has 0 spiro atoms. The Kier molecular flexibility index (Phi) is 5.70. The van der Waals surface area contributed by atoms with E-state index in [0.29, 0.717) is 47.2 Å². The van der Waals surface area contributed by atoms with Crippen LogP contribution in [0, 0.1) is 0 Å². The Labute approximate surface area is 193 Å². The molecule has 3 heterocycles. The standard InChI is InChI=1S/C23H20ClN5O4/c24-16-7-5-15(6-8-16)12-28-14-26-21-17(23(28)31)11-27-29(21)10-9-25-22(30)20-13-32-18-3-1-2-4-19(18)33-20/h1-8,11,14,20H,9-10,12-13H2,(H,25,30). The third kappa shape index (κ3) is 4.40. The van der Waals surface area contributed by atoms with Gasteiger partial charge < -0.3 is 14.8 Å². The van der Waals surface area contributed by atoms with Crippen molar-refractivity contribution in [1.82, 2.24) is 24.6 Å². The number of amides is 1. The maximum atomic E-state index is 12.8. The number of halogens is 1. The summed E-state index contributed by atoms with van der Waals surface area (Å²) in [5.41, 5.74) is 1.22. The SMILES string of the molecule is O=C(NCCn1ncc2c(=O)n(Cc3ccc(Cl)cc3)cnc21)C1COc2ccccc2O1. The van der Waals surface area contributed by atoms with Crippen LogP contribution in [-0.2, 0) is 17.9 Å². The lowest BCUT2D eigenvalue weighted by molar-refractivity contribution is -0.130. The van der Waals surface area contributed by atoms with E-state index in [-0.39, 0.29) is 18.1 Å². The predicted molar refractivity (Wildman–Crippen MR) is 122 cm³/mol. The number of carbonyl (C=O) groups is 1. The molecule has 9 nitrogen and oxygen atoms in total. The molecule has 33 heavy (non-hydrogen) atoms. The minimum Gasteiger partial charge on any atom is -0.485 e. The number of nitrogens with zero attached hydrogens (tertiary/aromatic N) is 4. The molecule has 0 bridgehead atoms. The summed E-state index contributed by atoms with van der Waals surface area (Å²) in [6, 6.07) is 14.5. The first-order valence-corrected chi connectivity index (χ1v) is 10.8. The summed E-state index contributed by atoms with van der Waals surface area (Å²) in [5, 5.41) is 8.15. The Morgan fingerprint density at radius 1 is 1.15 bits per heavy atom. The highest BCUT2D eigenvalue weighted by Gasteiger charge is 2.27. The van der Waals surface area contributed by atoms with Crippen molar-refractivity contribution in [3.63, 3.8) is 0 Å². The Morgan fingerprint density at radius 3 is 2.76 bits per heavy atom. The molecule has 2 aromatic carbocycles. The fourth-order valence-corrected chi connectivity index (χ4v) is 3.73. The van der Waals surface area contributed by atoms with Gasteiger partial charge in [0.1, 0.15) is 18.3 Å². The predicted octanol–water partition coefficient (Wildman–Crippen LogP) is 2.25. The van der Waals surface area contributed by atoms with Gasteiger partial charge in [-0.05, 0) is 29.8 Å². The maximum Gasteiger partial charge on any atom is 0.264 e. The second-order valence-electron chi connectivity index (χ2n) is 7.56. The monoisotopic (exact) mass is 465 g/mol. The van der Waals surface area contributed by atoms with Crippen LogP contribution in [-0.4, -0.2) is 44.5 Å². The van der Waals surface area contributed by atoms with Gasteiger partial charge >= 0.3 is 0 Å². The average molecular weight is 466 g/mol. The first-order chi connectivity index (χ1) is 16.1. The van der Waals surface area contributed by atoms with E-state index in [1.807, 2.05) is 24.3 Å². The Bertz CT molecular complexity index is 1370. The number of carbonyl (C=O) groups excluding carboxylic acids is 1. The molecule has 0 fully saturated rings. The molecule has 1 aliphatic heterocycles. The number of ether oxygens (including phenoxy) is 2. The number of fused-ring (bicyclic) bond motifs is 2. The van der Waals surface area contributed by atoms with Crippen molar-refractivity contribution >= 4 is 28.5 Å². The molecule has 1 aliphatic rings. The lowest BCUT2D eigenvalue weighted by atomic mass is 10.2. The fraction of sp³-hybridized carbons (Fsp3) is 0.217. The third-order valence-electron chi connectivity index (χ3n) is 5.31. The highest BCUT2D eigenvalue weighted by molar-refractivity contribution is 6.30. The van der Waals surface area contributed by atoms with Gasteiger partial charge in [-0.15, -0.1) is 0 Å². The van der Waals surface area contributed by atoms with Crippen LogP contribution in [0.1, 0.15) is 5.56 Å². The summed E-state index contributed by atoms with van der Waals surface area (Å²) in [7, 11) is 0. The molecular weight excluding hydrogens is 446 g/mol. The summed E-state index contributed by atoms with van der Waals surface area (Å²) >= 11 is 5.92. The number of hydrogen-bond donors (Lipinski definition) is 1. The molecule has 1 amide bonds. The number of hydrogen-bond acceptors (Lipinski definition) is 6. The van der Waals surface area contributed by atoms with Crippen molar-refractivity contribution in [3.8, 4) is 11.5 Å². The molecular formula is C23H20ClN5O4. The summed E-state index contributed by atoms with van der Waals surface area (Å²) in [4.78, 5) is 29.7. The fourth-order valence-electron chi connectivity index (χ4n) is 3.61. The van der Waals surface area contributed by atoms with E-state index < -0.39 is 6.10 Å². The van der Waals surface area contributed by atoms with Gasteiger partial charge in [-0.3, -0.25) is 14.2 Å². The summed E-state index contributed by atoms with van der Waals surface area (Å²) in [6.45, 7) is 1.18. The van der Waals surface area contributed by atoms with Crippen molar-refractivity contribution in [2.24, 2.45) is 0 Å². The molecule has 5 rings (SSSR count). The molecule has 1 N–H and O–H groups in total. The topological polar surface area (TPSA) is 100 Å². The summed E-state index contributed by atoms with van der Waals surface area (Å²) < 4.78 is 14.4. The van der Waals surface area contributed by atoms with E-state index in [9.17, 15) is 9.59 Å². The van der Waals surface area contributed by atoms with Gasteiger partial charge in [-0.1, -0.05) is 35.9 Å². The lowest BCUT2D eigenvalue weighted by Gasteiger charge is -2.25. The van der Waals surface area contributed by atoms with Gasteiger partial charge in [0, 0.05) is 11.6 Å². The zero-order valence-electron chi connectivity index (χ0n) is 17.5. The molecule has 4 aromatic rings. The third-order valence-corrected chi connectivity index (χ3v) is 5.56. The van der Waals surface area contributed by atoms with Crippen LogP contribution < -0.4 is 20.3 Å². The van der Waals surface area contributed by atoms with E-state index in [2.05, 4.69) is 15.4 Å². The number of rotatable bonds is 6. The number of para-hydroxylation sites is 2. The van der Waals surface area contributed by atoms with E-state index in [0.717, 1.165) is 5.56 Å². The van der Waals surface area contributed by atoms with Crippen molar-refractivity contribution in [2.45, 2.75) is 19.2 Å². The van der Waals surface area contributed by atoms with Gasteiger partial charge in [0.2, 0.25) is 6.10 Å². The van der Waals surface area contributed by atoms with E-state index in [1.54, 1.807) is 28.9 Å². The number of nitrogens with one attached hydrogen (secondary N) is 1. The van der Waals surface area contributed by atoms with Crippen molar-refractivity contribution < 1.29 is 14.3 Å². The zero-order valence-corrected chi connectivity index (χ0v) is 18.2. The first kappa shape index (κ1) is 21.0. The highest BCUT2D eigenvalue weighted by Crippen LogP contribution is 2.30. The summed E-state index contributed by atoms with van der Waals surface area (Å²) in [5.74, 6) is 0.887. The second-order valence-corrected chi connectivity index (χ2v) is 8.00. The molecule has 0 saturated heterocycles. The van der Waals surface area contributed by atoms with Crippen LogP contribution in [0.25, 0.3) is 11.0 Å². The lowest BCUT2D eigenvalue weighted by Crippen LogP contribution is -2.44. The molecule has 2 aromatic heterocycles. The van der Waals surface area contributed by atoms with Crippen molar-refractivity contribution in [2.75, 3.05) is 13.2 Å².